The van der Waals surface area contributed by atoms with Gasteiger partial charge in [-0.05, 0) is 54.5 Å². The van der Waals surface area contributed by atoms with Crippen molar-refractivity contribution in [1.82, 2.24) is 5.32 Å². The summed E-state index contributed by atoms with van der Waals surface area (Å²) < 4.78 is 14.3. The Hall–Kier alpha value is -0.410. The van der Waals surface area contributed by atoms with Crippen molar-refractivity contribution in [1.29, 1.82) is 0 Å². The summed E-state index contributed by atoms with van der Waals surface area (Å²) >= 11 is 3.36. The lowest BCUT2D eigenvalue weighted by Crippen LogP contribution is -2.35. The first-order chi connectivity index (χ1) is 9.22. The molecule has 1 nitrogen and oxygen atoms in total. The highest BCUT2D eigenvalue weighted by atomic mass is 79.9. The predicted octanol–water partition coefficient (Wildman–Crippen LogP) is 5.18. The van der Waals surface area contributed by atoms with E-state index in [-0.39, 0.29) is 5.82 Å². The number of nitrogens with one attached hydrogen (secondary N) is 1. The minimum atomic E-state index is -0.173. The second-order valence-corrected chi connectivity index (χ2v) is 7.65. The summed E-state index contributed by atoms with van der Waals surface area (Å²) in [5, 5.41) is 3.54. The molecular formula is C17H27BrFN. The number of rotatable bonds is 6. The largest absolute Gasteiger partial charge is 0.314 e. The third kappa shape index (κ3) is 5.92. The van der Waals surface area contributed by atoms with Crippen LogP contribution in [0.3, 0.4) is 0 Å². The van der Waals surface area contributed by atoms with Crippen molar-refractivity contribution in [2.24, 2.45) is 11.3 Å². The third-order valence-electron chi connectivity index (χ3n) is 4.01. The monoisotopic (exact) mass is 343 g/mol. The molecule has 0 aromatic heterocycles. The Balaban J connectivity index is 2.76. The number of halogens is 2. The van der Waals surface area contributed by atoms with E-state index in [1.807, 2.05) is 6.07 Å². The van der Waals surface area contributed by atoms with Crippen molar-refractivity contribution < 1.29 is 4.39 Å². The Bertz CT molecular complexity index is 405. The first kappa shape index (κ1) is 17.6. The zero-order chi connectivity index (χ0) is 15.3. The van der Waals surface area contributed by atoms with Gasteiger partial charge >= 0.3 is 0 Å². The lowest BCUT2D eigenvalue weighted by molar-refractivity contribution is 0.222. The molecule has 114 valence electrons. The van der Waals surface area contributed by atoms with E-state index in [4.69, 9.17) is 0 Å². The van der Waals surface area contributed by atoms with Gasteiger partial charge in [0.2, 0.25) is 0 Å². The lowest BCUT2D eigenvalue weighted by Gasteiger charge is -2.31. The van der Waals surface area contributed by atoms with Gasteiger partial charge in [0.15, 0.2) is 0 Å². The van der Waals surface area contributed by atoms with Crippen LogP contribution in [0.2, 0.25) is 0 Å². The summed E-state index contributed by atoms with van der Waals surface area (Å²) in [6.07, 6.45) is 1.97. The highest BCUT2D eigenvalue weighted by Crippen LogP contribution is 2.30. The van der Waals surface area contributed by atoms with E-state index in [9.17, 15) is 4.39 Å². The van der Waals surface area contributed by atoms with Crippen LogP contribution in [0.1, 0.15) is 46.6 Å². The fourth-order valence-corrected chi connectivity index (χ4v) is 2.83. The van der Waals surface area contributed by atoms with Gasteiger partial charge in [0.1, 0.15) is 5.82 Å². The maximum atomic E-state index is 13.5. The fourth-order valence-electron chi connectivity index (χ4n) is 2.32. The second-order valence-electron chi connectivity index (χ2n) is 6.74. The van der Waals surface area contributed by atoms with Crippen LogP contribution in [0.5, 0.6) is 0 Å². The SMILES string of the molecule is CCNC(Cc1cc(F)cc(Br)c1)CC(C)C(C)(C)C. The minimum absolute atomic E-state index is 0.173. The molecule has 1 aromatic carbocycles. The van der Waals surface area contributed by atoms with E-state index < -0.39 is 0 Å². The van der Waals surface area contributed by atoms with Gasteiger partial charge in [-0.3, -0.25) is 0 Å². The summed E-state index contributed by atoms with van der Waals surface area (Å²) in [4.78, 5) is 0. The van der Waals surface area contributed by atoms with Gasteiger partial charge in [0.25, 0.3) is 0 Å². The molecular weight excluding hydrogens is 317 g/mol. The molecule has 0 spiro atoms. The zero-order valence-corrected chi connectivity index (χ0v) is 14.8. The first-order valence-corrected chi connectivity index (χ1v) is 8.20. The normalized spacial score (nSPS) is 15.2. The van der Waals surface area contributed by atoms with E-state index in [0.717, 1.165) is 29.4 Å². The summed E-state index contributed by atoms with van der Waals surface area (Å²) in [7, 11) is 0. The fraction of sp³-hybridized carbons (Fsp3) is 0.647. The maximum Gasteiger partial charge on any atom is 0.124 e. The van der Waals surface area contributed by atoms with Crippen LogP contribution in [-0.2, 0) is 6.42 Å². The molecule has 2 unspecified atom stereocenters. The third-order valence-corrected chi connectivity index (χ3v) is 4.47. The summed E-state index contributed by atoms with van der Waals surface area (Å²) in [6, 6.07) is 5.54. The van der Waals surface area contributed by atoms with Crippen LogP contribution in [0.4, 0.5) is 4.39 Å². The molecule has 0 heterocycles. The Morgan fingerprint density at radius 2 is 1.90 bits per heavy atom. The standard InChI is InChI=1S/C17H27BrFN/c1-6-20-16(7-12(2)17(3,4)5)10-13-8-14(18)11-15(19)9-13/h8-9,11-12,16,20H,6-7,10H2,1-5H3. The molecule has 0 aliphatic heterocycles. The Morgan fingerprint density at radius 1 is 1.25 bits per heavy atom. The van der Waals surface area contributed by atoms with Crippen molar-refractivity contribution in [2.45, 2.75) is 53.5 Å². The van der Waals surface area contributed by atoms with Gasteiger partial charge in [0.05, 0.1) is 0 Å². The molecule has 0 amide bonds. The molecule has 0 aliphatic rings. The topological polar surface area (TPSA) is 12.0 Å². The molecule has 0 bridgehead atoms. The molecule has 20 heavy (non-hydrogen) atoms. The lowest BCUT2D eigenvalue weighted by atomic mass is 9.78. The molecule has 0 fully saturated rings. The summed E-state index contributed by atoms with van der Waals surface area (Å²) in [5.41, 5.74) is 1.35. The number of hydrogen-bond acceptors (Lipinski definition) is 1. The van der Waals surface area contributed by atoms with E-state index >= 15 is 0 Å². The number of benzene rings is 1. The second kappa shape index (κ2) is 7.56. The molecule has 1 N–H and O–H groups in total. The Kier molecular flexibility index (Phi) is 6.67. The van der Waals surface area contributed by atoms with Gasteiger partial charge in [0, 0.05) is 10.5 Å². The Labute approximate surface area is 131 Å². The van der Waals surface area contributed by atoms with Crippen LogP contribution in [0.15, 0.2) is 22.7 Å². The molecule has 1 aromatic rings. The van der Waals surface area contributed by atoms with Crippen LogP contribution in [0.25, 0.3) is 0 Å². The van der Waals surface area contributed by atoms with Gasteiger partial charge in [-0.2, -0.15) is 0 Å². The highest BCUT2D eigenvalue weighted by Gasteiger charge is 2.23. The smallest absolute Gasteiger partial charge is 0.124 e. The quantitative estimate of drug-likeness (QED) is 0.750. The van der Waals surface area contributed by atoms with E-state index in [0.29, 0.717) is 17.4 Å². The molecule has 0 aliphatic carbocycles. The predicted molar refractivity (Wildman–Crippen MR) is 88.5 cm³/mol. The molecule has 0 saturated heterocycles. The van der Waals surface area contributed by atoms with Crippen molar-refractivity contribution >= 4 is 15.9 Å². The van der Waals surface area contributed by atoms with Gasteiger partial charge in [-0.25, -0.2) is 4.39 Å². The van der Waals surface area contributed by atoms with E-state index in [2.05, 4.69) is 55.9 Å². The van der Waals surface area contributed by atoms with Gasteiger partial charge in [-0.1, -0.05) is 50.5 Å². The average molecular weight is 344 g/mol. The summed E-state index contributed by atoms with van der Waals surface area (Å²) in [6.45, 7) is 12.2. The minimum Gasteiger partial charge on any atom is -0.314 e. The summed E-state index contributed by atoms with van der Waals surface area (Å²) in [5.74, 6) is 0.442. The van der Waals surface area contributed by atoms with Crippen molar-refractivity contribution in [2.75, 3.05) is 6.54 Å². The molecule has 2 atom stereocenters. The number of hydrogen-bond donors (Lipinski definition) is 1. The number of likely N-dealkylation sites (N-methyl/N-ethyl adjacent to an activating group) is 1. The van der Waals surface area contributed by atoms with E-state index in [1.54, 1.807) is 6.07 Å². The van der Waals surface area contributed by atoms with Crippen molar-refractivity contribution in [3.05, 3.63) is 34.1 Å². The first-order valence-electron chi connectivity index (χ1n) is 7.40. The van der Waals surface area contributed by atoms with Crippen LogP contribution in [-0.4, -0.2) is 12.6 Å². The molecule has 0 saturated carbocycles. The Morgan fingerprint density at radius 3 is 2.40 bits per heavy atom. The zero-order valence-electron chi connectivity index (χ0n) is 13.3. The van der Waals surface area contributed by atoms with E-state index in [1.165, 1.54) is 6.07 Å². The maximum absolute atomic E-state index is 13.5. The van der Waals surface area contributed by atoms with Crippen LogP contribution >= 0.6 is 15.9 Å². The molecule has 0 radical (unpaired) electrons. The van der Waals surface area contributed by atoms with Crippen LogP contribution < -0.4 is 5.32 Å². The van der Waals surface area contributed by atoms with Crippen LogP contribution in [0, 0.1) is 17.2 Å². The van der Waals surface area contributed by atoms with Gasteiger partial charge in [-0.15, -0.1) is 0 Å². The molecule has 3 heteroatoms. The average Bonchev–Trinajstić information content (AvgIpc) is 2.26. The van der Waals surface area contributed by atoms with Crippen molar-refractivity contribution in [3.8, 4) is 0 Å². The van der Waals surface area contributed by atoms with Crippen molar-refractivity contribution in [3.63, 3.8) is 0 Å². The highest BCUT2D eigenvalue weighted by molar-refractivity contribution is 9.10. The van der Waals surface area contributed by atoms with Gasteiger partial charge < -0.3 is 5.32 Å². The molecule has 1 rings (SSSR count).